The van der Waals surface area contributed by atoms with Gasteiger partial charge in [0.1, 0.15) is 26.4 Å². The Kier molecular flexibility index (Phi) is 42.6. The fourth-order valence-corrected chi connectivity index (χ4v) is 6.81. The van der Waals surface area contributed by atoms with Gasteiger partial charge in [-0.25, -0.2) is 4.79 Å². The zero-order chi connectivity index (χ0) is 53.2. The minimum Gasteiger partial charge on any atom is -0.475 e. The van der Waals surface area contributed by atoms with Crippen molar-refractivity contribution in [3.63, 3.8) is 0 Å². The summed E-state index contributed by atoms with van der Waals surface area (Å²) >= 11 is 0. The van der Waals surface area contributed by atoms with Crippen molar-refractivity contribution in [1.29, 1.82) is 0 Å². The van der Waals surface area contributed by atoms with Crippen LogP contribution in [0.4, 0.5) is 13.2 Å². The van der Waals surface area contributed by atoms with E-state index in [2.05, 4.69) is 33.0 Å². The third-order valence-corrected chi connectivity index (χ3v) is 11.5. The predicted octanol–water partition coefficient (Wildman–Crippen LogP) is 11.2. The van der Waals surface area contributed by atoms with E-state index < -0.39 is 36.3 Å². The summed E-state index contributed by atoms with van der Waals surface area (Å²) in [6.45, 7) is 16.0. The van der Waals surface area contributed by atoms with Crippen LogP contribution in [0.1, 0.15) is 209 Å². The summed E-state index contributed by atoms with van der Waals surface area (Å²) in [5.74, 6) is -6.37. The van der Waals surface area contributed by atoms with Crippen LogP contribution in [0, 0.1) is 23.7 Å². The lowest BCUT2D eigenvalue weighted by Crippen LogP contribution is -2.33. The molecule has 0 saturated carbocycles. The summed E-state index contributed by atoms with van der Waals surface area (Å²) in [7, 11) is 0. The number of unbranched alkanes of at least 4 members (excludes halogenated alkanes) is 12. The fourth-order valence-electron chi connectivity index (χ4n) is 6.81. The molecule has 0 radical (unpaired) electrons. The molecule has 0 spiro atoms. The van der Waals surface area contributed by atoms with Crippen molar-refractivity contribution in [2.24, 2.45) is 23.7 Å². The van der Waals surface area contributed by atoms with Crippen molar-refractivity contribution in [1.82, 2.24) is 5.32 Å². The number of carbonyl (C=O) groups excluding carboxylic acids is 6. The highest BCUT2D eigenvalue weighted by Gasteiger charge is 2.38. The molecule has 0 aromatic carbocycles. The molecule has 0 saturated heterocycles. The molecule has 0 fully saturated rings. The van der Waals surface area contributed by atoms with E-state index in [9.17, 15) is 41.9 Å². The van der Waals surface area contributed by atoms with E-state index in [4.69, 9.17) is 38.3 Å². The van der Waals surface area contributed by atoms with Gasteiger partial charge in [0.15, 0.2) is 12.2 Å². The van der Waals surface area contributed by atoms with Crippen LogP contribution in [0.25, 0.3) is 0 Å². The molecular formula is C52H92F3NO14. The molecule has 2 N–H and O–H groups in total. The van der Waals surface area contributed by atoms with Crippen LogP contribution in [0.15, 0.2) is 0 Å². The van der Waals surface area contributed by atoms with Crippen LogP contribution >= 0.6 is 0 Å². The fraction of sp³-hybridized carbons (Fsp3) is 0.865. The second-order valence-electron chi connectivity index (χ2n) is 18.5. The monoisotopic (exact) mass is 1010 g/mol. The summed E-state index contributed by atoms with van der Waals surface area (Å²) in [6, 6.07) is 0. The van der Waals surface area contributed by atoms with E-state index in [1.807, 2.05) is 27.7 Å². The number of hydrogen-bond acceptors (Lipinski definition) is 14. The van der Waals surface area contributed by atoms with Crippen LogP contribution in [0.2, 0.25) is 0 Å². The number of halogens is 3. The Bertz CT molecular complexity index is 1260. The predicted molar refractivity (Wildman–Crippen MR) is 260 cm³/mol. The Balaban J connectivity index is 0. The van der Waals surface area contributed by atoms with Gasteiger partial charge in [-0.3, -0.25) is 28.8 Å². The topological polar surface area (TPSA) is 207 Å². The van der Waals surface area contributed by atoms with Gasteiger partial charge < -0.3 is 38.8 Å². The number of ether oxygens (including phenoxy) is 6. The van der Waals surface area contributed by atoms with Gasteiger partial charge in [0.2, 0.25) is 0 Å². The van der Waals surface area contributed by atoms with Crippen LogP contribution < -0.4 is 5.32 Å². The standard InChI is InChI=1S/C50H91NO12.C2HF3O2/c1-9-13-17-21-27-39(5)47(54)58-35-43(36-59-48(55)40(6)28-22-18-14-10-2)62-45(52)31-25-33-51-34-26-32-46(53)63-44(37-60-49(56)41(7)29-23-19-15-11-3)38-61-50(57)42(8)30-24-20-16-12-4;3-2(4,5)1(6)7/h39-44,51H,9-38H2,1-8H3;(H,6,7). The van der Waals surface area contributed by atoms with Gasteiger partial charge in [0, 0.05) is 12.8 Å². The van der Waals surface area contributed by atoms with Gasteiger partial charge in [0.05, 0.1) is 23.7 Å². The van der Waals surface area contributed by atoms with Gasteiger partial charge in [-0.1, -0.05) is 158 Å². The van der Waals surface area contributed by atoms with Crippen molar-refractivity contribution in [3.8, 4) is 0 Å². The molecule has 4 atom stereocenters. The molecule has 0 aliphatic heterocycles. The summed E-state index contributed by atoms with van der Waals surface area (Å²) in [5.41, 5.74) is 0. The molecule has 0 heterocycles. The van der Waals surface area contributed by atoms with E-state index in [1.165, 1.54) is 0 Å². The zero-order valence-corrected chi connectivity index (χ0v) is 44.1. The molecule has 70 heavy (non-hydrogen) atoms. The van der Waals surface area contributed by atoms with Gasteiger partial charge >= 0.3 is 48.0 Å². The highest BCUT2D eigenvalue weighted by Crippen LogP contribution is 2.18. The summed E-state index contributed by atoms with van der Waals surface area (Å²) < 4.78 is 65.1. The van der Waals surface area contributed by atoms with Gasteiger partial charge in [-0.2, -0.15) is 13.2 Å². The Morgan fingerprint density at radius 1 is 0.429 bits per heavy atom. The second-order valence-corrected chi connectivity index (χ2v) is 18.5. The Hall–Kier alpha value is -3.96. The minimum atomic E-state index is -5.08. The third kappa shape index (κ3) is 39.7. The lowest BCUT2D eigenvalue weighted by molar-refractivity contribution is -0.192. The first-order valence-electron chi connectivity index (χ1n) is 26.3. The first-order chi connectivity index (χ1) is 33.2. The molecule has 0 aromatic heterocycles. The lowest BCUT2D eigenvalue weighted by atomic mass is 10.0. The number of alkyl halides is 3. The van der Waals surface area contributed by atoms with Crippen LogP contribution in [0.3, 0.4) is 0 Å². The van der Waals surface area contributed by atoms with E-state index in [1.54, 1.807) is 0 Å². The minimum absolute atomic E-state index is 0.0862. The van der Waals surface area contributed by atoms with E-state index in [-0.39, 0.29) is 86.8 Å². The molecule has 0 bridgehead atoms. The van der Waals surface area contributed by atoms with Crippen molar-refractivity contribution in [3.05, 3.63) is 0 Å². The lowest BCUT2D eigenvalue weighted by Gasteiger charge is -2.20. The number of nitrogens with one attached hydrogen (secondary N) is 1. The molecule has 4 unspecified atom stereocenters. The van der Waals surface area contributed by atoms with Gasteiger partial charge in [0.25, 0.3) is 0 Å². The number of rotatable bonds is 42. The van der Waals surface area contributed by atoms with Crippen LogP contribution in [0.5, 0.6) is 0 Å². The summed E-state index contributed by atoms with van der Waals surface area (Å²) in [6.07, 6.45) is 13.9. The Morgan fingerprint density at radius 3 is 0.886 bits per heavy atom. The third-order valence-electron chi connectivity index (χ3n) is 11.5. The smallest absolute Gasteiger partial charge is 0.475 e. The second kappa shape index (κ2) is 43.8. The summed E-state index contributed by atoms with van der Waals surface area (Å²) in [4.78, 5) is 85.4. The summed E-state index contributed by atoms with van der Waals surface area (Å²) in [5, 5.41) is 10.3. The van der Waals surface area contributed by atoms with Crippen LogP contribution in [-0.2, 0) is 62.0 Å². The van der Waals surface area contributed by atoms with Gasteiger partial charge in [-0.15, -0.1) is 0 Å². The normalized spacial score (nSPS) is 13.8. The average Bonchev–Trinajstić information content (AvgIpc) is 3.32. The number of carbonyl (C=O) groups is 7. The van der Waals surface area contributed by atoms with E-state index >= 15 is 0 Å². The molecule has 0 rings (SSSR count). The maximum Gasteiger partial charge on any atom is 0.490 e. The Morgan fingerprint density at radius 2 is 0.671 bits per heavy atom. The number of carboxylic acid groups (broad SMARTS) is 1. The SMILES string of the molecule is CCCCCCC(C)C(=O)OCC(COC(=O)C(C)CCCCCC)OC(=O)CCCNCCCC(=O)OC(COC(=O)C(C)CCCCCC)COC(=O)C(C)CCCCCC.O=C(O)C(F)(F)F. The highest BCUT2D eigenvalue weighted by molar-refractivity contribution is 5.74. The van der Waals surface area contributed by atoms with Crippen molar-refractivity contribution >= 4 is 41.8 Å². The molecule has 410 valence electrons. The van der Waals surface area contributed by atoms with Crippen molar-refractivity contribution in [2.45, 2.75) is 228 Å². The number of carboxylic acids is 1. The molecule has 0 aromatic rings. The molecule has 0 amide bonds. The van der Waals surface area contributed by atoms with Crippen molar-refractivity contribution in [2.75, 3.05) is 39.5 Å². The maximum absolute atomic E-state index is 12.8. The molecule has 15 nitrogen and oxygen atoms in total. The van der Waals surface area contributed by atoms with Crippen LogP contribution in [-0.4, -0.2) is 105 Å². The van der Waals surface area contributed by atoms with Crippen molar-refractivity contribution < 1.29 is 80.3 Å². The molecule has 0 aliphatic carbocycles. The average molecular weight is 1010 g/mol. The zero-order valence-electron chi connectivity index (χ0n) is 44.1. The highest BCUT2D eigenvalue weighted by atomic mass is 19.4. The van der Waals surface area contributed by atoms with E-state index in [0.717, 1.165) is 103 Å². The van der Waals surface area contributed by atoms with Gasteiger partial charge in [-0.05, 0) is 51.6 Å². The van der Waals surface area contributed by atoms with E-state index in [0.29, 0.717) is 51.6 Å². The Labute approximate surface area is 417 Å². The first-order valence-corrected chi connectivity index (χ1v) is 26.3. The quantitative estimate of drug-likeness (QED) is 0.0331. The maximum atomic E-state index is 12.8. The number of esters is 6. The number of hydrogen-bond donors (Lipinski definition) is 2. The largest absolute Gasteiger partial charge is 0.490 e. The molecular weight excluding hydrogens is 920 g/mol. The molecule has 0 aliphatic rings. The first kappa shape index (κ1) is 68.1. The number of aliphatic carboxylic acids is 1. The molecule has 18 heteroatoms.